The number of rotatable bonds is 18. The van der Waals surface area contributed by atoms with Crippen molar-refractivity contribution in [1.29, 1.82) is 0 Å². The van der Waals surface area contributed by atoms with E-state index in [-0.39, 0.29) is 81.8 Å². The van der Waals surface area contributed by atoms with Crippen LogP contribution in [0.3, 0.4) is 0 Å². The van der Waals surface area contributed by atoms with Gasteiger partial charge >= 0.3 is 0 Å². The fourth-order valence-corrected chi connectivity index (χ4v) is 13.1. The van der Waals surface area contributed by atoms with E-state index in [1.165, 1.54) is 0 Å². The number of aliphatic imine (C=N–C) groups is 2. The molecule has 8 bridgehead atoms. The molecular weight excluding hydrogens is 1290 g/mol. The molecule has 1 aliphatic rings. The lowest BCUT2D eigenvalue weighted by Gasteiger charge is -2.28. The van der Waals surface area contributed by atoms with E-state index in [1.807, 2.05) is 73.1 Å². The van der Waals surface area contributed by atoms with Gasteiger partial charge in [0.25, 0.3) is 0 Å². The third-order valence-electron chi connectivity index (χ3n) is 19.7. The molecule has 104 heavy (non-hydrogen) atoms. The summed E-state index contributed by atoms with van der Waals surface area (Å²) in [5, 5.41) is 68.5. The van der Waals surface area contributed by atoms with Gasteiger partial charge in [0.2, 0.25) is 0 Å². The van der Waals surface area contributed by atoms with Crippen molar-refractivity contribution >= 4 is 12.4 Å². The first kappa shape index (κ1) is 75.2. The Bertz CT molecular complexity index is 4390. The Labute approximate surface area is 615 Å². The van der Waals surface area contributed by atoms with Gasteiger partial charge in [-0.15, -0.1) is 10.2 Å². The monoisotopic (exact) mass is 1400 g/mol. The van der Waals surface area contributed by atoms with Crippen molar-refractivity contribution in [3.05, 3.63) is 257 Å². The second kappa shape index (κ2) is 30.0. The minimum Gasteiger partial charge on any atom is -0.507 e. The van der Waals surface area contributed by atoms with Crippen LogP contribution in [-0.2, 0) is 97.3 Å². The van der Waals surface area contributed by atoms with E-state index in [4.69, 9.17) is 19.5 Å². The fraction of sp³-hybridized carbons (Fsp3) is 0.409. The average Bonchev–Trinajstić information content (AvgIpc) is 0.860. The van der Waals surface area contributed by atoms with Crippen LogP contribution in [0.2, 0.25) is 0 Å². The maximum atomic E-state index is 13.1. The number of aromatic nitrogens is 8. The molecule has 0 fully saturated rings. The van der Waals surface area contributed by atoms with Crippen molar-refractivity contribution in [1.82, 2.24) is 40.0 Å². The Kier molecular flexibility index (Phi) is 21.7. The van der Waals surface area contributed by atoms with Gasteiger partial charge < -0.3 is 29.9 Å². The molecule has 16 nitrogen and oxygen atoms in total. The summed E-state index contributed by atoms with van der Waals surface area (Å²) in [6.45, 7) is 41.1. The van der Waals surface area contributed by atoms with E-state index in [2.05, 4.69) is 204 Å². The van der Waals surface area contributed by atoms with Gasteiger partial charge in [-0.1, -0.05) is 196 Å². The normalized spacial score (nSPS) is 13.3. The Morgan fingerprint density at radius 3 is 0.962 bits per heavy atom. The van der Waals surface area contributed by atoms with Crippen LogP contribution in [0.4, 0.5) is 0 Å². The zero-order valence-electron chi connectivity index (χ0n) is 64.4. The zero-order valence-corrected chi connectivity index (χ0v) is 64.4. The molecule has 4 N–H and O–H groups in total. The topological polar surface area (TPSA) is 211 Å². The van der Waals surface area contributed by atoms with Gasteiger partial charge in [-0.2, -0.15) is 0 Å². The molecule has 11 rings (SSSR count). The third kappa shape index (κ3) is 18.3. The molecule has 10 aromatic rings. The first-order chi connectivity index (χ1) is 48.9. The van der Waals surface area contributed by atoms with Crippen LogP contribution in [0.15, 0.2) is 144 Å². The Balaban J connectivity index is 0.970. The number of hydrogen-bond donors (Lipinski definition) is 4. The Morgan fingerprint density at radius 2 is 0.673 bits per heavy atom. The largest absolute Gasteiger partial charge is 0.507 e. The van der Waals surface area contributed by atoms with Crippen molar-refractivity contribution in [2.24, 2.45) is 9.98 Å². The molecule has 6 aromatic carbocycles. The van der Waals surface area contributed by atoms with E-state index >= 15 is 0 Å². The molecule has 0 atom stereocenters. The van der Waals surface area contributed by atoms with E-state index in [1.54, 1.807) is 34.2 Å². The maximum absolute atomic E-state index is 13.1. The summed E-state index contributed by atoms with van der Waals surface area (Å²) in [7, 11) is 0. The molecule has 4 aromatic heterocycles. The van der Waals surface area contributed by atoms with Crippen LogP contribution in [0, 0.1) is 0 Å². The predicted molar refractivity (Wildman–Crippen MR) is 416 cm³/mol. The Morgan fingerprint density at radius 1 is 0.375 bits per heavy atom. The van der Waals surface area contributed by atoms with Crippen LogP contribution in [0.25, 0.3) is 0 Å². The van der Waals surface area contributed by atoms with Gasteiger partial charge in [0.05, 0.1) is 25.5 Å². The van der Waals surface area contributed by atoms with Crippen molar-refractivity contribution in [2.45, 2.75) is 222 Å². The van der Waals surface area contributed by atoms with Gasteiger partial charge in [0.15, 0.2) is 0 Å². The highest BCUT2D eigenvalue weighted by Crippen LogP contribution is 2.45. The lowest BCUT2D eigenvalue weighted by Crippen LogP contribution is -2.16. The number of aromatic hydroxyl groups is 4. The van der Waals surface area contributed by atoms with Crippen LogP contribution in [-0.4, -0.2) is 85.9 Å². The van der Waals surface area contributed by atoms with E-state index in [0.717, 1.165) is 89.3 Å². The second-order valence-electron chi connectivity index (χ2n) is 34.5. The molecular formula is C88H106N10O6. The van der Waals surface area contributed by atoms with Crippen molar-refractivity contribution in [2.75, 3.05) is 13.1 Å². The van der Waals surface area contributed by atoms with Crippen molar-refractivity contribution < 1.29 is 29.9 Å². The summed E-state index contributed by atoms with van der Waals surface area (Å²) in [4.78, 5) is 18.3. The van der Waals surface area contributed by atoms with Crippen LogP contribution >= 0.6 is 0 Å². The highest BCUT2D eigenvalue weighted by Gasteiger charge is 2.30. The van der Waals surface area contributed by atoms with E-state index in [0.29, 0.717) is 96.8 Å². The number of benzene rings is 6. The molecule has 0 spiro atoms. The number of phenols is 4. The Hall–Kier alpha value is -9.96. The molecule has 1 aliphatic carbocycles. The van der Waals surface area contributed by atoms with Gasteiger partial charge in [-0.3, -0.25) is 20.0 Å². The van der Waals surface area contributed by atoms with E-state index < -0.39 is 0 Å². The maximum Gasteiger partial charge on any atom is 0.134 e. The standard InChI is InChI=1S/C88H106N10O6/c1-83(2,3)67-35-55-31-59-39-69(85(7,8)9)41-61(81(59)103-53-75-51-97(95-93-75)49-65-45-71(87(13,14)15)43-63(79(65)101)47-89-29-25-73-23-19-21-27-91-73)33-57-37-68(84(4,5)6)38-58(78(57)100)34-62-42-70(86(10,11)12)40-60(32-56(36-67)77(55)99)82(62)104-54-76-52-98(96-94-76)50-66-46-72(88(16,17)18)44-64(80(66)102)48-90-30-26-74-24-20-22-28-92-74/h19-24,27-28,35-48,51-52,99-102H,25-26,29-34,49-50,53-54H2,1-18H3. The van der Waals surface area contributed by atoms with Gasteiger partial charge in [0, 0.05) is 110 Å². The van der Waals surface area contributed by atoms with Crippen molar-refractivity contribution in [3.63, 3.8) is 0 Å². The second-order valence-corrected chi connectivity index (χ2v) is 34.5. The summed E-state index contributed by atoms with van der Waals surface area (Å²) < 4.78 is 17.8. The SMILES string of the molecule is CC(C)(C)c1cc(C=NCCc2ccccn2)c(O)c(Cn2cc(COc3c4cc(C(C)(C)C)cc3Cc3cc(C(C)(C)C)cc(c3O)Cc3cc(C(C)(C)C)cc(c3OCc3cn(Cc5cc(C(C)(C)C)cc(C=NCCc6ccccn6)c5O)nn3)Cc3cc(C(C)(C)C)cc(c3O)C4)nn2)c1. The number of nitrogens with zero attached hydrogens (tertiary/aromatic N) is 10. The van der Waals surface area contributed by atoms with Crippen molar-refractivity contribution in [3.8, 4) is 34.5 Å². The number of pyridine rings is 2. The smallest absolute Gasteiger partial charge is 0.134 e. The highest BCUT2D eigenvalue weighted by molar-refractivity contribution is 5.85. The first-order valence-electron chi connectivity index (χ1n) is 36.5. The minimum atomic E-state index is -0.322. The summed E-state index contributed by atoms with van der Waals surface area (Å²) in [6, 6.07) is 37.3. The lowest BCUT2D eigenvalue weighted by molar-refractivity contribution is 0.295. The molecule has 0 saturated heterocycles. The number of fused-ring (bicyclic) bond motifs is 8. The average molecular weight is 1400 g/mol. The summed E-state index contributed by atoms with van der Waals surface area (Å²) >= 11 is 0. The number of hydrogen-bond acceptors (Lipinski definition) is 14. The molecule has 16 heteroatoms. The summed E-state index contributed by atoms with van der Waals surface area (Å²) in [6.07, 6.45) is 13.4. The predicted octanol–water partition coefficient (Wildman–Crippen LogP) is 17.5. The number of ether oxygens (including phenoxy) is 2. The minimum absolute atomic E-state index is 0.0552. The van der Waals surface area contributed by atoms with Crippen LogP contribution in [0.1, 0.15) is 248 Å². The van der Waals surface area contributed by atoms with Gasteiger partial charge in [0.1, 0.15) is 59.1 Å². The molecule has 0 aliphatic heterocycles. The summed E-state index contributed by atoms with van der Waals surface area (Å²) in [5.41, 5.74) is 16.8. The third-order valence-corrected chi connectivity index (χ3v) is 19.7. The van der Waals surface area contributed by atoms with E-state index in [9.17, 15) is 20.4 Å². The first-order valence-corrected chi connectivity index (χ1v) is 36.5. The number of phenolic OH excluding ortho intramolecular Hbond substituents is 4. The van der Waals surface area contributed by atoms with Crippen LogP contribution < -0.4 is 9.47 Å². The molecule has 0 amide bonds. The fourth-order valence-electron chi connectivity index (χ4n) is 13.1. The quantitative estimate of drug-likeness (QED) is 0.0591. The molecule has 0 unspecified atom stereocenters. The zero-order chi connectivity index (χ0) is 74.8. The van der Waals surface area contributed by atoms with Gasteiger partial charge in [-0.05, 0) is 159 Å². The lowest BCUT2D eigenvalue weighted by atomic mass is 9.79. The summed E-state index contributed by atoms with van der Waals surface area (Å²) in [5.74, 6) is 1.91. The molecule has 4 heterocycles. The molecule has 0 radical (unpaired) electrons. The van der Waals surface area contributed by atoms with Crippen LogP contribution in [0.5, 0.6) is 34.5 Å². The van der Waals surface area contributed by atoms with Gasteiger partial charge in [-0.25, -0.2) is 9.36 Å². The molecule has 544 valence electrons. The highest BCUT2D eigenvalue weighted by atomic mass is 16.5. The molecule has 0 saturated carbocycles.